The van der Waals surface area contributed by atoms with Crippen LogP contribution in [0.3, 0.4) is 0 Å². The Kier molecular flexibility index (Phi) is 5.35. The lowest BCUT2D eigenvalue weighted by Gasteiger charge is -2.10. The fraction of sp³-hybridized carbons (Fsp3) is 0.357. The van der Waals surface area contributed by atoms with Gasteiger partial charge in [0.1, 0.15) is 11.4 Å². The highest BCUT2D eigenvalue weighted by atomic mass is 35.5. The Balaban J connectivity index is 2.31. The van der Waals surface area contributed by atoms with Gasteiger partial charge < -0.3 is 14.8 Å². The Morgan fingerprint density at radius 2 is 2.18 bits per heavy atom. The van der Waals surface area contributed by atoms with Gasteiger partial charge in [-0.15, -0.1) is 5.10 Å². The Morgan fingerprint density at radius 3 is 2.86 bits per heavy atom. The summed E-state index contributed by atoms with van der Waals surface area (Å²) in [4.78, 5) is 12.1. The molecule has 1 aromatic heterocycles. The number of carbonyl (C=O) groups excluding carboxylic acids is 1. The van der Waals surface area contributed by atoms with Crippen LogP contribution in [0.5, 0.6) is 5.75 Å². The number of carbonyl (C=O) groups is 1. The van der Waals surface area contributed by atoms with E-state index >= 15 is 0 Å². The van der Waals surface area contributed by atoms with Crippen molar-refractivity contribution in [1.82, 2.24) is 20.3 Å². The van der Waals surface area contributed by atoms with Gasteiger partial charge in [-0.2, -0.15) is 0 Å². The van der Waals surface area contributed by atoms with Gasteiger partial charge in [-0.1, -0.05) is 16.8 Å². The van der Waals surface area contributed by atoms with Crippen LogP contribution in [0.4, 0.5) is 0 Å². The first kappa shape index (κ1) is 16.3. The minimum absolute atomic E-state index is 0.248. The lowest BCUT2D eigenvalue weighted by molar-refractivity contribution is 0.0931. The molecule has 0 saturated carbocycles. The highest BCUT2D eigenvalue weighted by molar-refractivity contribution is 6.30. The van der Waals surface area contributed by atoms with Crippen molar-refractivity contribution in [3.05, 3.63) is 34.6 Å². The van der Waals surface area contributed by atoms with Gasteiger partial charge in [0.25, 0.3) is 5.91 Å². The number of ether oxygens (including phenoxy) is 2. The summed E-state index contributed by atoms with van der Waals surface area (Å²) in [6.45, 7) is 2.59. The quantitative estimate of drug-likeness (QED) is 0.817. The molecule has 0 atom stereocenters. The molecule has 0 radical (unpaired) electrons. The number of hydrogen-bond donors (Lipinski definition) is 1. The van der Waals surface area contributed by atoms with E-state index in [0.717, 1.165) is 0 Å². The van der Waals surface area contributed by atoms with E-state index in [1.54, 1.807) is 39.3 Å². The molecule has 1 N–H and O–H groups in total. The lowest BCUT2D eigenvalue weighted by Crippen LogP contribution is -2.27. The molecule has 8 heteroatoms. The molecule has 7 nitrogen and oxygen atoms in total. The van der Waals surface area contributed by atoms with Crippen LogP contribution in [0.1, 0.15) is 16.2 Å². The second kappa shape index (κ2) is 7.24. The number of halogens is 1. The maximum Gasteiger partial charge on any atom is 0.273 e. The van der Waals surface area contributed by atoms with Crippen LogP contribution in [0.25, 0.3) is 5.69 Å². The van der Waals surface area contributed by atoms with Crippen LogP contribution >= 0.6 is 11.6 Å². The predicted molar refractivity (Wildman–Crippen MR) is 81.9 cm³/mol. The summed E-state index contributed by atoms with van der Waals surface area (Å²) in [7, 11) is 3.12. The molecule has 0 bridgehead atoms. The average Bonchev–Trinajstić information content (AvgIpc) is 2.89. The number of rotatable bonds is 6. The summed E-state index contributed by atoms with van der Waals surface area (Å²) in [6, 6.07) is 5.15. The Morgan fingerprint density at radius 1 is 1.41 bits per heavy atom. The maximum absolute atomic E-state index is 12.1. The number of benzene rings is 1. The molecule has 0 aliphatic carbocycles. The molecule has 2 aromatic rings. The van der Waals surface area contributed by atoms with Crippen LogP contribution in [0, 0.1) is 6.92 Å². The topological polar surface area (TPSA) is 78.3 Å². The minimum atomic E-state index is -0.304. The number of methoxy groups -OCH3 is 2. The fourth-order valence-corrected chi connectivity index (χ4v) is 2.11. The number of nitrogens with zero attached hydrogens (tertiary/aromatic N) is 3. The lowest BCUT2D eigenvalue weighted by atomic mass is 10.2. The smallest absolute Gasteiger partial charge is 0.273 e. The summed E-state index contributed by atoms with van der Waals surface area (Å²) in [5.74, 6) is 0.283. The first-order chi connectivity index (χ1) is 10.6. The van der Waals surface area contributed by atoms with Crippen molar-refractivity contribution in [3.8, 4) is 11.4 Å². The van der Waals surface area contributed by atoms with Crippen molar-refractivity contribution in [2.75, 3.05) is 27.4 Å². The van der Waals surface area contributed by atoms with Crippen LogP contribution in [0.15, 0.2) is 18.2 Å². The monoisotopic (exact) mass is 324 g/mol. The Hall–Kier alpha value is -2.12. The highest BCUT2D eigenvalue weighted by Crippen LogP contribution is 2.27. The van der Waals surface area contributed by atoms with Crippen molar-refractivity contribution in [3.63, 3.8) is 0 Å². The number of hydrogen-bond acceptors (Lipinski definition) is 5. The molecule has 22 heavy (non-hydrogen) atoms. The van der Waals surface area contributed by atoms with E-state index in [1.807, 2.05) is 0 Å². The minimum Gasteiger partial charge on any atom is -0.494 e. The molecule has 0 fully saturated rings. The molecular weight excluding hydrogens is 308 g/mol. The fourth-order valence-electron chi connectivity index (χ4n) is 1.95. The maximum atomic E-state index is 12.1. The van der Waals surface area contributed by atoms with E-state index in [9.17, 15) is 4.79 Å². The highest BCUT2D eigenvalue weighted by Gasteiger charge is 2.19. The zero-order valence-corrected chi connectivity index (χ0v) is 13.3. The average molecular weight is 325 g/mol. The van der Waals surface area contributed by atoms with Crippen molar-refractivity contribution < 1.29 is 14.3 Å². The molecule has 0 spiro atoms. The summed E-state index contributed by atoms with van der Waals surface area (Å²) in [5.41, 5.74) is 1.46. The third-order valence-corrected chi connectivity index (χ3v) is 3.31. The largest absolute Gasteiger partial charge is 0.494 e. The van der Waals surface area contributed by atoms with Gasteiger partial charge in [0.15, 0.2) is 5.69 Å². The third-order valence-electron chi connectivity index (χ3n) is 3.07. The Bertz CT molecular complexity index is 672. The number of amides is 1. The third kappa shape index (κ3) is 3.37. The van der Waals surface area contributed by atoms with Crippen molar-refractivity contribution in [2.24, 2.45) is 0 Å². The summed E-state index contributed by atoms with van der Waals surface area (Å²) >= 11 is 6.02. The van der Waals surface area contributed by atoms with Gasteiger partial charge in [-0.05, 0) is 25.1 Å². The summed E-state index contributed by atoms with van der Waals surface area (Å²) in [6.07, 6.45) is 0. The molecular formula is C14H17ClN4O3. The summed E-state index contributed by atoms with van der Waals surface area (Å²) < 4.78 is 11.7. The van der Waals surface area contributed by atoms with Gasteiger partial charge in [0.2, 0.25) is 0 Å². The van der Waals surface area contributed by atoms with Crippen LogP contribution in [-0.2, 0) is 4.74 Å². The van der Waals surface area contributed by atoms with Gasteiger partial charge in [-0.25, -0.2) is 4.68 Å². The van der Waals surface area contributed by atoms with Gasteiger partial charge >= 0.3 is 0 Å². The number of nitrogens with one attached hydrogen (secondary N) is 1. The van der Waals surface area contributed by atoms with E-state index in [4.69, 9.17) is 21.1 Å². The van der Waals surface area contributed by atoms with Crippen LogP contribution < -0.4 is 10.1 Å². The molecule has 0 saturated heterocycles. The predicted octanol–water partition coefficient (Wildman–Crippen LogP) is 1.61. The normalized spacial score (nSPS) is 10.5. The Labute approximate surface area is 133 Å². The zero-order valence-electron chi connectivity index (χ0n) is 12.6. The standard InChI is InChI=1S/C14H17ClN4O3/c1-9-13(14(20)16-6-7-21-2)17-18-19(9)11-8-10(15)4-5-12(11)22-3/h4-5,8H,6-7H2,1-3H3,(H,16,20). The van der Waals surface area contributed by atoms with Gasteiger partial charge in [0.05, 0.1) is 19.4 Å². The van der Waals surface area contributed by atoms with Crippen molar-refractivity contribution in [1.29, 1.82) is 0 Å². The second-order valence-electron chi connectivity index (χ2n) is 4.50. The van der Waals surface area contributed by atoms with Gasteiger partial charge in [0, 0.05) is 18.7 Å². The molecule has 1 heterocycles. The molecule has 1 aromatic carbocycles. The molecule has 0 aliphatic rings. The molecule has 2 rings (SSSR count). The molecule has 118 valence electrons. The van der Waals surface area contributed by atoms with Crippen molar-refractivity contribution >= 4 is 17.5 Å². The zero-order chi connectivity index (χ0) is 16.1. The van der Waals surface area contributed by atoms with Crippen LogP contribution in [-0.4, -0.2) is 48.3 Å². The molecule has 1 amide bonds. The van der Waals surface area contributed by atoms with E-state index in [2.05, 4.69) is 15.6 Å². The number of aromatic nitrogens is 3. The summed E-state index contributed by atoms with van der Waals surface area (Å²) in [5, 5.41) is 11.2. The SMILES string of the molecule is COCCNC(=O)c1nnn(-c2cc(Cl)ccc2OC)c1C. The van der Waals surface area contributed by atoms with E-state index in [-0.39, 0.29) is 11.6 Å². The first-order valence-electron chi connectivity index (χ1n) is 6.61. The molecule has 0 unspecified atom stereocenters. The van der Waals surface area contributed by atoms with Gasteiger partial charge in [-0.3, -0.25) is 4.79 Å². The van der Waals surface area contributed by atoms with Crippen LogP contribution in [0.2, 0.25) is 5.02 Å². The second-order valence-corrected chi connectivity index (χ2v) is 4.94. The van der Waals surface area contributed by atoms with E-state index in [1.165, 1.54) is 4.68 Å². The van der Waals surface area contributed by atoms with Crippen molar-refractivity contribution in [2.45, 2.75) is 6.92 Å². The van der Waals surface area contributed by atoms with E-state index < -0.39 is 0 Å². The first-order valence-corrected chi connectivity index (χ1v) is 6.99. The molecule has 0 aliphatic heterocycles. The van der Waals surface area contributed by atoms with E-state index in [0.29, 0.717) is 35.3 Å².